The van der Waals surface area contributed by atoms with Crippen LogP contribution in [-0.2, 0) is 0 Å². The lowest BCUT2D eigenvalue weighted by Gasteiger charge is -2.38. The summed E-state index contributed by atoms with van der Waals surface area (Å²) >= 11 is 0. The van der Waals surface area contributed by atoms with E-state index >= 15 is 0 Å². The molecule has 1 aromatic carbocycles. The Morgan fingerprint density at radius 3 is 2.72 bits per heavy atom. The Morgan fingerprint density at radius 2 is 2.11 bits per heavy atom. The van der Waals surface area contributed by atoms with E-state index in [-0.39, 0.29) is 0 Å². The summed E-state index contributed by atoms with van der Waals surface area (Å²) in [5.41, 5.74) is 8.18. The normalized spacial score (nSPS) is 17.0. The van der Waals surface area contributed by atoms with Gasteiger partial charge in [0.2, 0.25) is 0 Å². The van der Waals surface area contributed by atoms with Crippen LogP contribution in [0.4, 0.5) is 11.4 Å². The predicted octanol–water partition coefficient (Wildman–Crippen LogP) is 3.66. The Bertz CT molecular complexity index is 399. The highest BCUT2D eigenvalue weighted by Gasteiger charge is 2.31. The van der Waals surface area contributed by atoms with E-state index in [0.29, 0.717) is 5.41 Å². The first kappa shape index (κ1) is 13.1. The van der Waals surface area contributed by atoms with E-state index in [0.717, 1.165) is 36.7 Å². The molecule has 0 spiro atoms. The first-order valence-corrected chi connectivity index (χ1v) is 6.88. The summed E-state index contributed by atoms with van der Waals surface area (Å²) in [5, 5.41) is 3.48. The molecule has 0 unspecified atom stereocenters. The first-order valence-electron chi connectivity index (χ1n) is 6.88. The Labute approximate surface area is 110 Å². The molecule has 0 radical (unpaired) electrons. The van der Waals surface area contributed by atoms with Crippen LogP contribution >= 0.6 is 0 Å². The largest absolute Gasteiger partial charge is 0.493 e. The zero-order valence-corrected chi connectivity index (χ0v) is 11.5. The number of anilines is 2. The SMILES string of the molecule is CCCOc1cc(N)cc(NCC2(C)CCC2)c1. The van der Waals surface area contributed by atoms with Crippen molar-refractivity contribution in [2.75, 3.05) is 24.2 Å². The molecule has 1 aliphatic rings. The molecule has 0 heterocycles. The predicted molar refractivity (Wildman–Crippen MR) is 77.1 cm³/mol. The summed E-state index contributed by atoms with van der Waals surface area (Å²) in [5.74, 6) is 0.859. The molecule has 1 fully saturated rings. The number of nitrogens with one attached hydrogen (secondary N) is 1. The van der Waals surface area contributed by atoms with Crippen molar-refractivity contribution in [2.24, 2.45) is 5.41 Å². The van der Waals surface area contributed by atoms with Gasteiger partial charge in [-0.25, -0.2) is 0 Å². The summed E-state index contributed by atoms with van der Waals surface area (Å²) in [6.07, 6.45) is 5.01. The van der Waals surface area contributed by atoms with Crippen molar-refractivity contribution in [2.45, 2.75) is 39.5 Å². The van der Waals surface area contributed by atoms with Gasteiger partial charge in [0.25, 0.3) is 0 Å². The van der Waals surface area contributed by atoms with E-state index in [1.807, 2.05) is 18.2 Å². The Morgan fingerprint density at radius 1 is 1.33 bits per heavy atom. The van der Waals surface area contributed by atoms with Crippen LogP contribution in [0.3, 0.4) is 0 Å². The minimum Gasteiger partial charge on any atom is -0.493 e. The fourth-order valence-electron chi connectivity index (χ4n) is 2.30. The monoisotopic (exact) mass is 248 g/mol. The average molecular weight is 248 g/mol. The van der Waals surface area contributed by atoms with E-state index in [9.17, 15) is 0 Å². The third-order valence-electron chi connectivity index (χ3n) is 3.68. The van der Waals surface area contributed by atoms with Crippen LogP contribution in [0.15, 0.2) is 18.2 Å². The molecular formula is C15H24N2O. The lowest BCUT2D eigenvalue weighted by atomic mass is 9.70. The topological polar surface area (TPSA) is 47.3 Å². The van der Waals surface area contributed by atoms with Crippen molar-refractivity contribution >= 4 is 11.4 Å². The average Bonchev–Trinajstić information content (AvgIpc) is 2.31. The molecule has 1 aromatic rings. The van der Waals surface area contributed by atoms with Crippen LogP contribution in [0.25, 0.3) is 0 Å². The highest BCUT2D eigenvalue weighted by Crippen LogP contribution is 2.40. The van der Waals surface area contributed by atoms with Crippen LogP contribution in [0.1, 0.15) is 39.5 Å². The second kappa shape index (κ2) is 5.51. The number of nitrogens with two attached hydrogens (primary N) is 1. The molecule has 0 atom stereocenters. The van der Waals surface area contributed by atoms with Gasteiger partial charge in [0.1, 0.15) is 5.75 Å². The summed E-state index contributed by atoms with van der Waals surface area (Å²) in [6, 6.07) is 5.89. The van der Waals surface area contributed by atoms with Crippen molar-refractivity contribution in [1.29, 1.82) is 0 Å². The van der Waals surface area contributed by atoms with Crippen LogP contribution in [0.2, 0.25) is 0 Å². The van der Waals surface area contributed by atoms with Crippen molar-refractivity contribution in [3.05, 3.63) is 18.2 Å². The first-order chi connectivity index (χ1) is 8.61. The minimum atomic E-state index is 0.467. The Hall–Kier alpha value is -1.38. The van der Waals surface area contributed by atoms with E-state index in [2.05, 4.69) is 19.2 Å². The van der Waals surface area contributed by atoms with Crippen LogP contribution in [0, 0.1) is 5.41 Å². The third-order valence-corrected chi connectivity index (χ3v) is 3.68. The molecule has 18 heavy (non-hydrogen) atoms. The summed E-state index contributed by atoms with van der Waals surface area (Å²) in [7, 11) is 0. The molecule has 0 aliphatic heterocycles. The molecule has 0 amide bonds. The maximum Gasteiger partial charge on any atom is 0.123 e. The maximum absolute atomic E-state index is 5.90. The molecule has 1 saturated carbocycles. The summed E-state index contributed by atoms with van der Waals surface area (Å²) < 4.78 is 5.63. The smallest absolute Gasteiger partial charge is 0.123 e. The zero-order valence-electron chi connectivity index (χ0n) is 11.5. The van der Waals surface area contributed by atoms with Crippen molar-refractivity contribution in [1.82, 2.24) is 0 Å². The molecule has 0 aromatic heterocycles. The highest BCUT2D eigenvalue weighted by molar-refractivity contribution is 5.59. The molecule has 3 heteroatoms. The van der Waals surface area contributed by atoms with Gasteiger partial charge in [-0.05, 0) is 30.7 Å². The molecule has 3 N–H and O–H groups in total. The molecular weight excluding hydrogens is 224 g/mol. The fourth-order valence-corrected chi connectivity index (χ4v) is 2.30. The van der Waals surface area contributed by atoms with E-state index in [4.69, 9.17) is 10.5 Å². The minimum absolute atomic E-state index is 0.467. The standard InChI is InChI=1S/C15H24N2O/c1-3-7-18-14-9-12(16)8-13(10-14)17-11-15(2)5-4-6-15/h8-10,17H,3-7,11,16H2,1-2H3. The van der Waals surface area contributed by atoms with Gasteiger partial charge in [0.15, 0.2) is 0 Å². The van der Waals surface area contributed by atoms with Crippen molar-refractivity contribution in [3.63, 3.8) is 0 Å². The van der Waals surface area contributed by atoms with Gasteiger partial charge in [0.05, 0.1) is 6.61 Å². The lowest BCUT2D eigenvalue weighted by molar-refractivity contribution is 0.180. The number of hydrogen-bond acceptors (Lipinski definition) is 3. The van der Waals surface area contributed by atoms with Gasteiger partial charge >= 0.3 is 0 Å². The van der Waals surface area contributed by atoms with Gasteiger partial charge in [-0.1, -0.05) is 20.3 Å². The number of ether oxygens (including phenoxy) is 1. The number of nitrogen functional groups attached to an aromatic ring is 1. The highest BCUT2D eigenvalue weighted by atomic mass is 16.5. The number of rotatable bonds is 6. The van der Waals surface area contributed by atoms with Gasteiger partial charge < -0.3 is 15.8 Å². The molecule has 1 aliphatic carbocycles. The molecule has 3 nitrogen and oxygen atoms in total. The molecule has 2 rings (SSSR count). The van der Waals surface area contributed by atoms with Gasteiger partial charge in [-0.15, -0.1) is 0 Å². The summed E-state index contributed by atoms with van der Waals surface area (Å²) in [4.78, 5) is 0. The van der Waals surface area contributed by atoms with Gasteiger partial charge in [-0.3, -0.25) is 0 Å². The lowest BCUT2D eigenvalue weighted by Crippen LogP contribution is -2.33. The van der Waals surface area contributed by atoms with E-state index in [1.165, 1.54) is 19.3 Å². The fraction of sp³-hybridized carbons (Fsp3) is 0.600. The quantitative estimate of drug-likeness (QED) is 0.755. The third kappa shape index (κ3) is 3.31. The maximum atomic E-state index is 5.90. The van der Waals surface area contributed by atoms with Crippen LogP contribution in [0.5, 0.6) is 5.75 Å². The Kier molecular flexibility index (Phi) is 4.00. The van der Waals surface area contributed by atoms with Crippen molar-refractivity contribution in [3.8, 4) is 5.75 Å². The second-order valence-electron chi connectivity index (χ2n) is 5.66. The summed E-state index contributed by atoms with van der Waals surface area (Å²) in [6.45, 7) is 6.19. The van der Waals surface area contributed by atoms with E-state index < -0.39 is 0 Å². The van der Waals surface area contributed by atoms with Gasteiger partial charge in [-0.2, -0.15) is 0 Å². The number of benzene rings is 1. The molecule has 0 bridgehead atoms. The van der Waals surface area contributed by atoms with Crippen LogP contribution in [-0.4, -0.2) is 13.2 Å². The number of hydrogen-bond donors (Lipinski definition) is 2. The zero-order chi connectivity index (χ0) is 13.0. The Balaban J connectivity index is 1.96. The molecule has 0 saturated heterocycles. The van der Waals surface area contributed by atoms with Crippen LogP contribution < -0.4 is 15.8 Å². The molecule has 100 valence electrons. The van der Waals surface area contributed by atoms with E-state index in [1.54, 1.807) is 0 Å². The second-order valence-corrected chi connectivity index (χ2v) is 5.66. The van der Waals surface area contributed by atoms with Crippen molar-refractivity contribution < 1.29 is 4.74 Å². The van der Waals surface area contributed by atoms with Gasteiger partial charge in [0, 0.05) is 30.1 Å².